The van der Waals surface area contributed by atoms with Crippen LogP contribution in [0, 0.1) is 0 Å². The van der Waals surface area contributed by atoms with Crippen LogP contribution in [0.5, 0.6) is 5.75 Å². The molecule has 1 saturated heterocycles. The summed E-state index contributed by atoms with van der Waals surface area (Å²) in [4.78, 5) is 6.66. The van der Waals surface area contributed by atoms with Crippen LogP contribution in [-0.2, 0) is 0 Å². The van der Waals surface area contributed by atoms with E-state index in [9.17, 15) is 0 Å². The molecule has 1 aromatic rings. The number of hydrogen-bond acceptors (Lipinski definition) is 6. The maximum atomic E-state index is 6.25. The summed E-state index contributed by atoms with van der Waals surface area (Å²) in [6, 6.07) is 5.37. The first-order valence-corrected chi connectivity index (χ1v) is 9.12. The molecule has 2 aliphatic heterocycles. The van der Waals surface area contributed by atoms with E-state index in [1.807, 2.05) is 12.1 Å². The molecule has 0 radical (unpaired) electrons. The standard InChI is InChI=1S/C17H23Cl2N5O/c18-14-2-1-13(11-15(14)19)25-12-3-8-24(9-4-12)10-6-17(21)5-7-22-16(20)23-17/h1-2,5,7,11-12H,3-4,6,8-10,21H2,(H3,20,22,23). The minimum absolute atomic E-state index is 0.188. The monoisotopic (exact) mass is 383 g/mol. The van der Waals surface area contributed by atoms with E-state index >= 15 is 0 Å². The normalized spacial score (nSPS) is 24.7. The molecular weight excluding hydrogens is 361 g/mol. The summed E-state index contributed by atoms with van der Waals surface area (Å²) in [6.45, 7) is 2.80. The van der Waals surface area contributed by atoms with E-state index < -0.39 is 5.66 Å². The molecule has 25 heavy (non-hydrogen) atoms. The summed E-state index contributed by atoms with van der Waals surface area (Å²) in [5.41, 5.74) is 11.2. The maximum absolute atomic E-state index is 6.25. The Balaban J connectivity index is 1.45. The van der Waals surface area contributed by atoms with Crippen LogP contribution in [0.15, 0.2) is 35.5 Å². The molecule has 0 aromatic heterocycles. The molecule has 0 saturated carbocycles. The van der Waals surface area contributed by atoms with Gasteiger partial charge in [-0.25, -0.2) is 4.99 Å². The van der Waals surface area contributed by atoms with E-state index in [1.165, 1.54) is 0 Å². The number of benzene rings is 1. The van der Waals surface area contributed by atoms with Gasteiger partial charge in [0.1, 0.15) is 17.5 Å². The molecular formula is C17H23Cl2N5O. The second-order valence-corrected chi connectivity index (χ2v) is 7.27. The Bertz CT molecular complexity index is 673. The molecule has 5 N–H and O–H groups in total. The molecule has 136 valence electrons. The molecule has 2 heterocycles. The van der Waals surface area contributed by atoms with E-state index in [4.69, 9.17) is 39.4 Å². The van der Waals surface area contributed by atoms with Crippen LogP contribution in [0.2, 0.25) is 10.0 Å². The molecule has 2 aliphatic rings. The SMILES string of the molecule is NC1=NC(N)(CCN2CCC(Oc3ccc(Cl)c(Cl)c3)CC2)C=CN1. The molecule has 0 bridgehead atoms. The molecule has 0 amide bonds. The summed E-state index contributed by atoms with van der Waals surface area (Å²) < 4.78 is 6.02. The number of nitrogens with zero attached hydrogens (tertiary/aromatic N) is 2. The summed E-state index contributed by atoms with van der Waals surface area (Å²) in [7, 11) is 0. The van der Waals surface area contributed by atoms with Gasteiger partial charge in [0.2, 0.25) is 0 Å². The van der Waals surface area contributed by atoms with Crippen molar-refractivity contribution in [2.45, 2.75) is 31.0 Å². The topological polar surface area (TPSA) is 88.9 Å². The predicted octanol–water partition coefficient (Wildman–Crippen LogP) is 2.31. The smallest absolute Gasteiger partial charge is 0.194 e. The second-order valence-electron chi connectivity index (χ2n) is 6.45. The Hall–Kier alpha value is -1.47. The third-order valence-electron chi connectivity index (χ3n) is 4.49. The van der Waals surface area contributed by atoms with Gasteiger partial charge in [-0.3, -0.25) is 0 Å². The first-order chi connectivity index (χ1) is 11.9. The Labute approximate surface area is 157 Å². The highest BCUT2D eigenvalue weighted by Crippen LogP contribution is 2.28. The van der Waals surface area contributed by atoms with E-state index in [0.717, 1.165) is 44.6 Å². The second kappa shape index (κ2) is 7.83. The van der Waals surface area contributed by atoms with Crippen molar-refractivity contribution in [3.63, 3.8) is 0 Å². The van der Waals surface area contributed by atoms with Gasteiger partial charge < -0.3 is 26.4 Å². The van der Waals surface area contributed by atoms with Gasteiger partial charge in [0.15, 0.2) is 5.96 Å². The fourth-order valence-corrected chi connectivity index (χ4v) is 3.32. The number of guanidine groups is 1. The quantitative estimate of drug-likeness (QED) is 0.725. The van der Waals surface area contributed by atoms with Crippen molar-refractivity contribution >= 4 is 29.2 Å². The molecule has 0 spiro atoms. The lowest BCUT2D eigenvalue weighted by Crippen LogP contribution is -2.47. The molecule has 6 nitrogen and oxygen atoms in total. The van der Waals surface area contributed by atoms with Crippen LogP contribution in [0.1, 0.15) is 19.3 Å². The number of piperidine rings is 1. The fraction of sp³-hybridized carbons (Fsp3) is 0.471. The summed E-state index contributed by atoms with van der Waals surface area (Å²) in [6.07, 6.45) is 6.43. The van der Waals surface area contributed by atoms with E-state index in [2.05, 4.69) is 15.2 Å². The lowest BCUT2D eigenvalue weighted by atomic mass is 10.0. The summed E-state index contributed by atoms with van der Waals surface area (Å²) in [5.74, 6) is 1.12. The third kappa shape index (κ3) is 5.01. The first-order valence-electron chi connectivity index (χ1n) is 8.36. The highest BCUT2D eigenvalue weighted by molar-refractivity contribution is 6.42. The van der Waals surface area contributed by atoms with Gasteiger partial charge in [0.05, 0.1) is 10.0 Å². The van der Waals surface area contributed by atoms with Crippen molar-refractivity contribution in [1.29, 1.82) is 0 Å². The first kappa shape index (κ1) is 18.3. The van der Waals surface area contributed by atoms with E-state index in [0.29, 0.717) is 16.0 Å². The van der Waals surface area contributed by atoms with Gasteiger partial charge in [-0.05, 0) is 31.1 Å². The largest absolute Gasteiger partial charge is 0.490 e. The number of rotatable bonds is 5. The van der Waals surface area contributed by atoms with Crippen molar-refractivity contribution in [3.05, 3.63) is 40.5 Å². The Kier molecular flexibility index (Phi) is 5.74. The Morgan fingerprint density at radius 2 is 2.04 bits per heavy atom. The van der Waals surface area contributed by atoms with Gasteiger partial charge in [-0.1, -0.05) is 23.2 Å². The lowest BCUT2D eigenvalue weighted by molar-refractivity contribution is 0.0974. The van der Waals surface area contributed by atoms with Crippen LogP contribution in [0.4, 0.5) is 0 Å². The zero-order valence-electron chi connectivity index (χ0n) is 13.9. The summed E-state index contributed by atoms with van der Waals surface area (Å²) in [5, 5.41) is 3.88. The van der Waals surface area contributed by atoms with E-state index in [-0.39, 0.29) is 6.10 Å². The van der Waals surface area contributed by atoms with Gasteiger partial charge in [0.25, 0.3) is 0 Å². The molecule has 3 rings (SSSR count). The number of hydrogen-bond donors (Lipinski definition) is 3. The van der Waals surface area contributed by atoms with Crippen molar-refractivity contribution < 1.29 is 4.74 Å². The Morgan fingerprint density at radius 1 is 1.28 bits per heavy atom. The average molecular weight is 384 g/mol. The number of nitrogens with one attached hydrogen (secondary N) is 1. The summed E-state index contributed by atoms with van der Waals surface area (Å²) >= 11 is 12.0. The van der Waals surface area contributed by atoms with Crippen LogP contribution < -0.4 is 21.5 Å². The van der Waals surface area contributed by atoms with Gasteiger partial charge in [-0.2, -0.15) is 0 Å². The highest BCUT2D eigenvalue weighted by Gasteiger charge is 2.26. The number of likely N-dealkylation sites (tertiary alicyclic amines) is 1. The third-order valence-corrected chi connectivity index (χ3v) is 5.23. The van der Waals surface area contributed by atoms with Crippen molar-refractivity contribution in [3.8, 4) is 5.75 Å². The number of ether oxygens (including phenoxy) is 1. The zero-order chi connectivity index (χ0) is 17.9. The minimum atomic E-state index is -0.720. The number of halogens is 2. The zero-order valence-corrected chi connectivity index (χ0v) is 15.4. The predicted molar refractivity (Wildman–Crippen MR) is 102 cm³/mol. The molecule has 8 heteroatoms. The maximum Gasteiger partial charge on any atom is 0.194 e. The molecule has 1 fully saturated rings. The van der Waals surface area contributed by atoms with Crippen molar-refractivity contribution in [1.82, 2.24) is 10.2 Å². The van der Waals surface area contributed by atoms with Gasteiger partial charge >= 0.3 is 0 Å². The molecule has 1 atom stereocenters. The Morgan fingerprint density at radius 3 is 2.72 bits per heavy atom. The lowest BCUT2D eigenvalue weighted by Gasteiger charge is -2.34. The number of aliphatic imine (C=N–C) groups is 1. The van der Waals surface area contributed by atoms with Gasteiger partial charge in [0, 0.05) is 38.3 Å². The molecule has 1 unspecified atom stereocenters. The molecule has 1 aromatic carbocycles. The van der Waals surface area contributed by atoms with Crippen LogP contribution >= 0.6 is 23.2 Å². The molecule has 0 aliphatic carbocycles. The van der Waals surface area contributed by atoms with E-state index in [1.54, 1.807) is 18.3 Å². The van der Waals surface area contributed by atoms with Crippen LogP contribution in [0.25, 0.3) is 0 Å². The van der Waals surface area contributed by atoms with Crippen LogP contribution in [0.3, 0.4) is 0 Å². The van der Waals surface area contributed by atoms with Gasteiger partial charge in [-0.15, -0.1) is 0 Å². The highest BCUT2D eigenvalue weighted by atomic mass is 35.5. The van der Waals surface area contributed by atoms with Crippen molar-refractivity contribution in [2.75, 3.05) is 19.6 Å². The number of nitrogens with two attached hydrogens (primary N) is 2. The van der Waals surface area contributed by atoms with Crippen molar-refractivity contribution in [2.24, 2.45) is 16.5 Å². The fourth-order valence-electron chi connectivity index (χ4n) is 3.03. The average Bonchev–Trinajstić information content (AvgIpc) is 2.57. The van der Waals surface area contributed by atoms with Crippen LogP contribution in [-0.4, -0.2) is 42.3 Å². The minimum Gasteiger partial charge on any atom is -0.490 e.